The number of fused-ring (bicyclic) bond motifs is 1. The van der Waals surface area contributed by atoms with E-state index in [2.05, 4.69) is 4.98 Å². The first kappa shape index (κ1) is 18.9. The lowest BCUT2D eigenvalue weighted by Gasteiger charge is -2.30. The fourth-order valence-electron chi connectivity index (χ4n) is 3.69. The Hall–Kier alpha value is -2.90. The van der Waals surface area contributed by atoms with Gasteiger partial charge in [-0.15, -0.1) is 0 Å². The second-order valence-electron chi connectivity index (χ2n) is 7.30. The number of para-hydroxylation sites is 1. The number of aromatic amines is 1. The normalized spacial score (nSPS) is 18.2. The van der Waals surface area contributed by atoms with Crippen molar-refractivity contribution in [2.24, 2.45) is 5.92 Å². The summed E-state index contributed by atoms with van der Waals surface area (Å²) in [5, 5.41) is 11.7. The van der Waals surface area contributed by atoms with Crippen molar-refractivity contribution in [3.05, 3.63) is 45.1 Å². The molecule has 2 aromatic rings. The van der Waals surface area contributed by atoms with E-state index in [1.54, 1.807) is 24.3 Å². The quantitative estimate of drug-likeness (QED) is 0.794. The number of likely N-dealkylation sites (tertiary alicyclic amines) is 1. The number of carbonyl (C=O) groups is 2. The summed E-state index contributed by atoms with van der Waals surface area (Å²) in [5.41, 5.74) is -0.840. The molecule has 3 rings (SSSR count). The monoisotopic (exact) mass is 372 g/mol. The van der Waals surface area contributed by atoms with Crippen molar-refractivity contribution < 1.29 is 14.7 Å². The molecular weight excluding hydrogens is 350 g/mol. The highest BCUT2D eigenvalue weighted by molar-refractivity contribution is 5.86. The van der Waals surface area contributed by atoms with E-state index in [4.69, 9.17) is 0 Å². The molecule has 1 saturated heterocycles. The SMILES string of the molecule is CC(C)C[C@@H](C(=O)N1CCC[C@@H]1C(=O)[O-])n1c(=O)[nH]c2ccccc2c1=O. The number of aromatic nitrogens is 2. The maximum atomic E-state index is 13.2. The molecule has 27 heavy (non-hydrogen) atoms. The molecule has 0 unspecified atom stereocenters. The average Bonchev–Trinajstić information content (AvgIpc) is 3.10. The van der Waals surface area contributed by atoms with Gasteiger partial charge in [-0.3, -0.25) is 9.59 Å². The predicted octanol–water partition coefficient (Wildman–Crippen LogP) is 0.0179. The van der Waals surface area contributed by atoms with Crippen LogP contribution < -0.4 is 16.4 Å². The molecule has 0 spiro atoms. The van der Waals surface area contributed by atoms with Gasteiger partial charge in [-0.05, 0) is 37.3 Å². The fourth-order valence-corrected chi connectivity index (χ4v) is 3.69. The number of rotatable bonds is 5. The molecule has 144 valence electrons. The largest absolute Gasteiger partial charge is 0.548 e. The number of carboxylic acid groups (broad SMARTS) is 1. The van der Waals surface area contributed by atoms with Gasteiger partial charge in [0.1, 0.15) is 6.04 Å². The minimum Gasteiger partial charge on any atom is -0.548 e. The van der Waals surface area contributed by atoms with Gasteiger partial charge in [0.25, 0.3) is 5.56 Å². The van der Waals surface area contributed by atoms with E-state index in [0.29, 0.717) is 23.7 Å². The lowest BCUT2D eigenvalue weighted by atomic mass is 10.0. The lowest BCUT2D eigenvalue weighted by molar-refractivity contribution is -0.310. The van der Waals surface area contributed by atoms with Crippen LogP contribution in [0.1, 0.15) is 39.2 Å². The van der Waals surface area contributed by atoms with Crippen LogP contribution in [0.4, 0.5) is 0 Å². The van der Waals surface area contributed by atoms with Crippen LogP contribution in [-0.2, 0) is 9.59 Å². The molecule has 0 aliphatic carbocycles. The standard InChI is InChI=1S/C19H23N3O5/c1-11(2)10-15(17(24)21-9-5-8-14(21)18(25)26)22-16(23)12-6-3-4-7-13(12)20-19(22)27/h3-4,6-7,11,14-15H,5,8-10H2,1-2H3,(H,20,27)(H,25,26)/p-1/t14-,15+/m1/s1. The van der Waals surface area contributed by atoms with Crippen LogP contribution in [-0.4, -0.2) is 38.9 Å². The van der Waals surface area contributed by atoms with Crippen LogP contribution in [0.2, 0.25) is 0 Å². The van der Waals surface area contributed by atoms with Crippen LogP contribution in [0, 0.1) is 5.92 Å². The van der Waals surface area contributed by atoms with E-state index >= 15 is 0 Å². The Bertz CT molecular complexity index is 991. The summed E-state index contributed by atoms with van der Waals surface area (Å²) in [4.78, 5) is 54.0. The van der Waals surface area contributed by atoms with Crippen LogP contribution >= 0.6 is 0 Å². The molecule has 8 nitrogen and oxygen atoms in total. The smallest absolute Gasteiger partial charge is 0.329 e. The molecule has 1 aromatic carbocycles. The highest BCUT2D eigenvalue weighted by Gasteiger charge is 2.36. The van der Waals surface area contributed by atoms with Crippen molar-refractivity contribution in [2.75, 3.05) is 6.54 Å². The Balaban J connectivity index is 2.12. The number of carboxylic acids is 1. The first-order valence-corrected chi connectivity index (χ1v) is 9.06. The van der Waals surface area contributed by atoms with Gasteiger partial charge in [0.2, 0.25) is 5.91 Å². The summed E-state index contributed by atoms with van der Waals surface area (Å²) in [6.45, 7) is 4.02. The minimum absolute atomic E-state index is 0.0146. The van der Waals surface area contributed by atoms with E-state index in [9.17, 15) is 24.3 Å². The zero-order chi connectivity index (χ0) is 19.7. The number of aliphatic carboxylic acids is 1. The summed E-state index contributed by atoms with van der Waals surface area (Å²) in [6.07, 6.45) is 1.10. The second kappa shape index (κ2) is 7.38. The number of nitrogens with zero attached hydrogens (tertiary/aromatic N) is 2. The van der Waals surface area contributed by atoms with Crippen LogP contribution in [0.15, 0.2) is 33.9 Å². The number of carbonyl (C=O) groups excluding carboxylic acids is 2. The Morgan fingerprint density at radius 1 is 1.26 bits per heavy atom. The first-order valence-electron chi connectivity index (χ1n) is 9.06. The van der Waals surface area contributed by atoms with Gasteiger partial charge >= 0.3 is 5.69 Å². The Morgan fingerprint density at radius 2 is 1.96 bits per heavy atom. The van der Waals surface area contributed by atoms with Crippen LogP contribution in [0.5, 0.6) is 0 Å². The number of H-pyrrole nitrogens is 1. The van der Waals surface area contributed by atoms with E-state index in [1.807, 2.05) is 13.8 Å². The Labute approximate surface area is 155 Å². The van der Waals surface area contributed by atoms with Crippen molar-refractivity contribution in [1.82, 2.24) is 14.5 Å². The molecular formula is C19H22N3O5-. The number of amides is 1. The van der Waals surface area contributed by atoms with Gasteiger partial charge in [0.15, 0.2) is 0 Å². The van der Waals surface area contributed by atoms with Gasteiger partial charge in [0.05, 0.1) is 22.9 Å². The number of hydrogen-bond acceptors (Lipinski definition) is 5. The fraction of sp³-hybridized carbons (Fsp3) is 0.474. The number of nitrogens with one attached hydrogen (secondary N) is 1. The zero-order valence-electron chi connectivity index (χ0n) is 15.3. The van der Waals surface area contributed by atoms with E-state index in [0.717, 1.165) is 4.57 Å². The third-order valence-corrected chi connectivity index (χ3v) is 4.94. The van der Waals surface area contributed by atoms with E-state index in [-0.39, 0.29) is 18.9 Å². The molecule has 2 heterocycles. The summed E-state index contributed by atoms with van der Waals surface area (Å²) < 4.78 is 0.926. The van der Waals surface area contributed by atoms with Crippen molar-refractivity contribution >= 4 is 22.8 Å². The van der Waals surface area contributed by atoms with E-state index < -0.39 is 35.2 Å². The molecule has 8 heteroatoms. The van der Waals surface area contributed by atoms with Crippen LogP contribution in [0.25, 0.3) is 10.9 Å². The molecule has 0 saturated carbocycles. The Morgan fingerprint density at radius 3 is 2.63 bits per heavy atom. The highest BCUT2D eigenvalue weighted by Crippen LogP contribution is 2.24. The maximum absolute atomic E-state index is 13.2. The zero-order valence-corrected chi connectivity index (χ0v) is 15.3. The highest BCUT2D eigenvalue weighted by atomic mass is 16.4. The molecule has 1 aliphatic heterocycles. The third-order valence-electron chi connectivity index (χ3n) is 4.94. The van der Waals surface area contributed by atoms with Crippen molar-refractivity contribution in [3.8, 4) is 0 Å². The molecule has 1 fully saturated rings. The van der Waals surface area contributed by atoms with Crippen molar-refractivity contribution in [1.29, 1.82) is 0 Å². The lowest BCUT2D eigenvalue weighted by Crippen LogP contribution is -2.51. The molecule has 1 amide bonds. The Kier molecular flexibility index (Phi) is 5.16. The van der Waals surface area contributed by atoms with Gasteiger partial charge in [-0.2, -0.15) is 0 Å². The summed E-state index contributed by atoms with van der Waals surface area (Å²) in [5.74, 6) is -1.83. The topological polar surface area (TPSA) is 115 Å². The summed E-state index contributed by atoms with van der Waals surface area (Å²) in [6, 6.07) is 4.49. The average molecular weight is 372 g/mol. The number of benzene rings is 1. The predicted molar refractivity (Wildman–Crippen MR) is 97.1 cm³/mol. The molecule has 0 bridgehead atoms. The van der Waals surface area contributed by atoms with Crippen molar-refractivity contribution in [3.63, 3.8) is 0 Å². The van der Waals surface area contributed by atoms with Gasteiger partial charge in [-0.25, -0.2) is 9.36 Å². The third kappa shape index (κ3) is 3.51. The molecule has 0 radical (unpaired) electrons. The van der Waals surface area contributed by atoms with Crippen molar-refractivity contribution in [2.45, 2.75) is 45.2 Å². The van der Waals surface area contributed by atoms with E-state index in [1.165, 1.54) is 4.90 Å². The van der Waals surface area contributed by atoms with Gasteiger partial charge in [0, 0.05) is 6.54 Å². The summed E-state index contributed by atoms with van der Waals surface area (Å²) in [7, 11) is 0. The number of hydrogen-bond donors (Lipinski definition) is 1. The first-order chi connectivity index (χ1) is 12.8. The molecule has 1 aromatic heterocycles. The summed E-state index contributed by atoms with van der Waals surface area (Å²) >= 11 is 0. The van der Waals surface area contributed by atoms with Crippen LogP contribution in [0.3, 0.4) is 0 Å². The molecule has 1 aliphatic rings. The maximum Gasteiger partial charge on any atom is 0.329 e. The molecule has 2 atom stereocenters. The van der Waals surface area contributed by atoms with Gasteiger partial charge in [-0.1, -0.05) is 26.0 Å². The van der Waals surface area contributed by atoms with Gasteiger partial charge < -0.3 is 19.8 Å². The second-order valence-corrected chi connectivity index (χ2v) is 7.30. The minimum atomic E-state index is -1.32. The molecule has 1 N–H and O–H groups in total.